The molecule has 26 heavy (non-hydrogen) atoms. The molecular formula is C17H19N3O5S. The highest BCUT2D eigenvalue weighted by Gasteiger charge is 2.19. The van der Waals surface area contributed by atoms with E-state index in [1.807, 2.05) is 0 Å². The van der Waals surface area contributed by atoms with Crippen molar-refractivity contribution in [1.29, 1.82) is 0 Å². The predicted octanol–water partition coefficient (Wildman–Crippen LogP) is 1.01. The van der Waals surface area contributed by atoms with Crippen LogP contribution in [0.1, 0.15) is 10.4 Å². The van der Waals surface area contributed by atoms with Crippen LogP contribution in [0.5, 0.6) is 5.75 Å². The number of benzene rings is 2. The molecule has 0 saturated carbocycles. The van der Waals surface area contributed by atoms with Crippen molar-refractivity contribution in [2.45, 2.75) is 4.90 Å². The summed E-state index contributed by atoms with van der Waals surface area (Å²) in [5, 5.41) is 14.5. The average molecular weight is 377 g/mol. The van der Waals surface area contributed by atoms with E-state index >= 15 is 0 Å². The van der Waals surface area contributed by atoms with Crippen LogP contribution in [-0.2, 0) is 14.8 Å². The molecule has 2 aromatic rings. The van der Waals surface area contributed by atoms with Crippen LogP contribution in [0.25, 0.3) is 0 Å². The lowest BCUT2D eigenvalue weighted by atomic mass is 10.2. The number of sulfonamides is 1. The summed E-state index contributed by atoms with van der Waals surface area (Å²) in [6.07, 6.45) is 0. The third-order valence-corrected chi connectivity index (χ3v) is 5.27. The summed E-state index contributed by atoms with van der Waals surface area (Å²) in [5.74, 6) is -1.21. The Morgan fingerprint density at radius 3 is 2.42 bits per heavy atom. The fraction of sp³-hybridized carbons (Fsp3) is 0.176. The van der Waals surface area contributed by atoms with E-state index in [0.717, 1.165) is 4.31 Å². The molecule has 2 aromatic carbocycles. The summed E-state index contributed by atoms with van der Waals surface area (Å²) in [7, 11) is -0.875. The van der Waals surface area contributed by atoms with Crippen molar-refractivity contribution in [2.24, 2.45) is 0 Å². The summed E-state index contributed by atoms with van der Waals surface area (Å²) >= 11 is 0. The zero-order valence-corrected chi connectivity index (χ0v) is 15.1. The van der Waals surface area contributed by atoms with Gasteiger partial charge in [-0.15, -0.1) is 0 Å². The lowest BCUT2D eigenvalue weighted by Gasteiger charge is -2.12. The van der Waals surface area contributed by atoms with Crippen molar-refractivity contribution in [2.75, 3.05) is 26.0 Å². The lowest BCUT2D eigenvalue weighted by molar-refractivity contribution is -0.115. The first kappa shape index (κ1) is 19.4. The van der Waals surface area contributed by atoms with E-state index in [2.05, 4.69) is 10.6 Å². The van der Waals surface area contributed by atoms with Crippen LogP contribution in [-0.4, -0.2) is 50.3 Å². The molecule has 0 aromatic heterocycles. The van der Waals surface area contributed by atoms with Crippen molar-refractivity contribution in [1.82, 2.24) is 9.62 Å². The predicted molar refractivity (Wildman–Crippen MR) is 96.4 cm³/mol. The molecule has 0 heterocycles. The van der Waals surface area contributed by atoms with Crippen LogP contribution in [0.15, 0.2) is 53.4 Å². The average Bonchev–Trinajstić information content (AvgIpc) is 2.61. The van der Waals surface area contributed by atoms with Gasteiger partial charge in [-0.3, -0.25) is 9.59 Å². The highest BCUT2D eigenvalue weighted by atomic mass is 32.2. The molecule has 9 heteroatoms. The van der Waals surface area contributed by atoms with Crippen molar-refractivity contribution in [3.05, 3.63) is 54.1 Å². The molecule has 138 valence electrons. The molecular weight excluding hydrogens is 358 g/mol. The maximum atomic E-state index is 12.2. The molecule has 8 nitrogen and oxygen atoms in total. The highest BCUT2D eigenvalue weighted by Crippen LogP contribution is 2.21. The summed E-state index contributed by atoms with van der Waals surface area (Å²) in [5.41, 5.74) is 0.342. The molecule has 0 saturated heterocycles. The first-order chi connectivity index (χ1) is 12.2. The maximum Gasteiger partial charge on any atom is 0.251 e. The first-order valence-corrected chi connectivity index (χ1v) is 9.04. The quantitative estimate of drug-likeness (QED) is 0.650. The van der Waals surface area contributed by atoms with E-state index in [-0.39, 0.29) is 28.4 Å². The number of anilines is 1. The number of rotatable bonds is 6. The smallest absolute Gasteiger partial charge is 0.251 e. The van der Waals surface area contributed by atoms with Crippen molar-refractivity contribution >= 4 is 27.5 Å². The van der Waals surface area contributed by atoms with Crippen LogP contribution in [0.2, 0.25) is 0 Å². The van der Waals surface area contributed by atoms with Gasteiger partial charge >= 0.3 is 0 Å². The molecule has 0 aliphatic carbocycles. The van der Waals surface area contributed by atoms with Crippen molar-refractivity contribution in [3.8, 4) is 5.75 Å². The Balaban J connectivity index is 2.02. The number of carbonyl (C=O) groups is 2. The number of phenols is 1. The zero-order valence-electron chi connectivity index (χ0n) is 14.3. The van der Waals surface area contributed by atoms with E-state index in [1.165, 1.54) is 50.5 Å². The van der Waals surface area contributed by atoms with Crippen molar-refractivity contribution in [3.63, 3.8) is 0 Å². The molecule has 0 bridgehead atoms. The van der Waals surface area contributed by atoms with E-state index in [4.69, 9.17) is 0 Å². The second-order valence-corrected chi connectivity index (χ2v) is 7.72. The van der Waals surface area contributed by atoms with Gasteiger partial charge in [-0.25, -0.2) is 12.7 Å². The number of para-hydroxylation sites is 2. The van der Waals surface area contributed by atoms with Gasteiger partial charge in [0.1, 0.15) is 5.75 Å². The number of carbonyl (C=O) groups excluding carboxylic acids is 2. The lowest BCUT2D eigenvalue weighted by Crippen LogP contribution is -2.33. The minimum atomic E-state index is -3.66. The molecule has 0 radical (unpaired) electrons. The van der Waals surface area contributed by atoms with E-state index in [0.29, 0.717) is 0 Å². The maximum absolute atomic E-state index is 12.2. The SMILES string of the molecule is CN(C)S(=O)(=O)c1cccc(C(=O)NCC(=O)Nc2ccccc2O)c1. The summed E-state index contributed by atoms with van der Waals surface area (Å²) < 4.78 is 25.3. The van der Waals surface area contributed by atoms with Gasteiger partial charge in [-0.2, -0.15) is 0 Å². The van der Waals surface area contributed by atoms with Crippen LogP contribution < -0.4 is 10.6 Å². The van der Waals surface area contributed by atoms with Gasteiger partial charge in [0.05, 0.1) is 17.1 Å². The molecule has 0 aliphatic rings. The fourth-order valence-corrected chi connectivity index (χ4v) is 2.99. The monoisotopic (exact) mass is 377 g/mol. The number of amides is 2. The van der Waals surface area contributed by atoms with Crippen molar-refractivity contribution < 1.29 is 23.1 Å². The molecule has 3 N–H and O–H groups in total. The minimum absolute atomic E-state index is 0.0196. The summed E-state index contributed by atoms with van der Waals surface area (Å²) in [4.78, 5) is 24.0. The number of hydrogen-bond acceptors (Lipinski definition) is 5. The molecule has 0 unspecified atom stereocenters. The second-order valence-electron chi connectivity index (χ2n) is 5.56. The molecule has 2 rings (SSSR count). The topological polar surface area (TPSA) is 116 Å². The Morgan fingerprint density at radius 1 is 1.08 bits per heavy atom. The number of hydrogen-bond donors (Lipinski definition) is 3. The van der Waals surface area contributed by atoms with Crippen LogP contribution in [0.4, 0.5) is 5.69 Å². The van der Waals surface area contributed by atoms with Crippen LogP contribution in [0, 0.1) is 0 Å². The van der Waals surface area contributed by atoms with E-state index < -0.39 is 21.8 Å². The number of nitrogens with one attached hydrogen (secondary N) is 2. The summed E-state index contributed by atoms with van der Waals surface area (Å²) in [6.45, 7) is -0.335. The van der Waals surface area contributed by atoms with Gasteiger partial charge in [-0.1, -0.05) is 18.2 Å². The third-order valence-electron chi connectivity index (χ3n) is 3.46. The molecule has 0 spiro atoms. The number of nitrogens with zero attached hydrogens (tertiary/aromatic N) is 1. The molecule has 0 aliphatic heterocycles. The van der Waals surface area contributed by atoms with Gasteiger partial charge in [0.15, 0.2) is 0 Å². The Labute approximate surface area is 151 Å². The van der Waals surface area contributed by atoms with Gasteiger partial charge in [-0.05, 0) is 30.3 Å². The number of aromatic hydroxyl groups is 1. The Hall–Kier alpha value is -2.91. The zero-order chi connectivity index (χ0) is 19.3. The van der Waals surface area contributed by atoms with Gasteiger partial charge in [0.2, 0.25) is 15.9 Å². The van der Waals surface area contributed by atoms with E-state index in [9.17, 15) is 23.1 Å². The third kappa shape index (κ3) is 4.58. The Kier molecular flexibility index (Phi) is 5.96. The number of phenolic OH excluding ortho intramolecular Hbond substituents is 1. The highest BCUT2D eigenvalue weighted by molar-refractivity contribution is 7.89. The Morgan fingerprint density at radius 2 is 1.77 bits per heavy atom. The van der Waals surface area contributed by atoms with Gasteiger partial charge in [0.25, 0.3) is 5.91 Å². The normalized spacial score (nSPS) is 11.2. The first-order valence-electron chi connectivity index (χ1n) is 7.60. The minimum Gasteiger partial charge on any atom is -0.506 e. The van der Waals surface area contributed by atoms with Crippen LogP contribution >= 0.6 is 0 Å². The fourth-order valence-electron chi connectivity index (χ4n) is 2.04. The molecule has 0 fully saturated rings. The standard InChI is InChI=1S/C17H19N3O5S/c1-20(2)26(24,25)13-7-5-6-12(10-13)17(23)18-11-16(22)19-14-8-3-4-9-15(14)21/h3-10,21H,11H2,1-2H3,(H,18,23)(H,19,22). The van der Waals surface area contributed by atoms with Crippen LogP contribution in [0.3, 0.4) is 0 Å². The molecule has 0 atom stereocenters. The largest absolute Gasteiger partial charge is 0.506 e. The van der Waals surface area contributed by atoms with E-state index in [1.54, 1.807) is 12.1 Å². The molecule has 2 amide bonds. The van der Waals surface area contributed by atoms with Gasteiger partial charge in [0, 0.05) is 19.7 Å². The summed E-state index contributed by atoms with van der Waals surface area (Å²) in [6, 6.07) is 11.7. The van der Waals surface area contributed by atoms with Gasteiger partial charge < -0.3 is 15.7 Å². The Bertz CT molecular complexity index is 926. The second kappa shape index (κ2) is 7.98.